The fourth-order valence-electron chi connectivity index (χ4n) is 1.21. The molecular weight excluding hydrogens is 222 g/mol. The van der Waals surface area contributed by atoms with Crippen molar-refractivity contribution in [3.05, 3.63) is 10.6 Å². The van der Waals surface area contributed by atoms with Gasteiger partial charge in [-0.25, -0.2) is 0 Å². The average molecular weight is 237 g/mol. The average Bonchev–Trinajstić information content (AvgIpc) is 2.73. The van der Waals surface area contributed by atoms with Crippen LogP contribution in [0, 0.1) is 12.3 Å². The van der Waals surface area contributed by atoms with Crippen LogP contribution in [0.2, 0.25) is 0 Å². The number of amides is 1. The summed E-state index contributed by atoms with van der Waals surface area (Å²) in [5.74, 6) is 2.64. The first-order chi connectivity index (χ1) is 7.66. The molecule has 0 aliphatic heterocycles. The van der Waals surface area contributed by atoms with E-state index in [9.17, 15) is 4.79 Å². The smallest absolute Gasteiger partial charge is 0.264 e. The van der Waals surface area contributed by atoms with Crippen LogP contribution in [0.1, 0.15) is 48.0 Å². The number of carbonyl (C=O) groups excluding carboxylic acids is 1. The highest BCUT2D eigenvalue weighted by Crippen LogP contribution is 2.19. The fraction of sp³-hybridized carbons (Fsp3) is 0.545. The molecule has 0 radical (unpaired) electrons. The molecule has 0 spiro atoms. The summed E-state index contributed by atoms with van der Waals surface area (Å²) in [6, 6.07) is 0. The molecule has 0 aliphatic rings. The van der Waals surface area contributed by atoms with Crippen LogP contribution in [-0.2, 0) is 0 Å². The van der Waals surface area contributed by atoms with Gasteiger partial charge in [-0.2, -0.15) is 0 Å². The van der Waals surface area contributed by atoms with Crippen LogP contribution in [0.3, 0.4) is 0 Å². The van der Waals surface area contributed by atoms with Gasteiger partial charge in [0.05, 0.1) is 5.69 Å². The van der Waals surface area contributed by atoms with Gasteiger partial charge < -0.3 is 5.32 Å². The van der Waals surface area contributed by atoms with E-state index in [1.54, 1.807) is 0 Å². The Morgan fingerprint density at radius 2 is 2.38 bits per heavy atom. The van der Waals surface area contributed by atoms with Crippen LogP contribution in [0.4, 0.5) is 0 Å². The molecule has 4 nitrogen and oxygen atoms in total. The Kier molecular flexibility index (Phi) is 4.93. The predicted molar refractivity (Wildman–Crippen MR) is 64.4 cm³/mol. The van der Waals surface area contributed by atoms with Gasteiger partial charge in [-0.3, -0.25) is 4.79 Å². The molecule has 1 rings (SSSR count). The molecule has 1 N–H and O–H groups in total. The molecule has 0 saturated carbocycles. The zero-order chi connectivity index (χ0) is 12.0. The van der Waals surface area contributed by atoms with Gasteiger partial charge in [0.2, 0.25) is 0 Å². The fourth-order valence-corrected chi connectivity index (χ4v) is 1.94. The van der Waals surface area contributed by atoms with Crippen molar-refractivity contribution in [1.82, 2.24) is 14.9 Å². The van der Waals surface area contributed by atoms with Crippen LogP contribution in [-0.4, -0.2) is 22.0 Å². The summed E-state index contributed by atoms with van der Waals surface area (Å²) in [7, 11) is 0. The molecular formula is C11H15N3OS. The highest BCUT2D eigenvalue weighted by atomic mass is 32.1. The number of rotatable bonds is 5. The first-order valence-corrected chi connectivity index (χ1v) is 5.98. The van der Waals surface area contributed by atoms with Crippen molar-refractivity contribution in [2.24, 2.45) is 0 Å². The Morgan fingerprint density at radius 3 is 3.00 bits per heavy atom. The molecule has 0 fully saturated rings. The van der Waals surface area contributed by atoms with E-state index in [-0.39, 0.29) is 11.8 Å². The lowest BCUT2D eigenvalue weighted by molar-refractivity contribution is 0.0956. The Labute approximate surface area is 99.6 Å². The molecule has 1 aromatic heterocycles. The third-order valence-corrected chi connectivity index (χ3v) is 2.79. The van der Waals surface area contributed by atoms with E-state index in [1.165, 1.54) is 0 Å². The number of hydrogen-bond acceptors (Lipinski definition) is 4. The second kappa shape index (κ2) is 6.23. The second-order valence-electron chi connectivity index (χ2n) is 3.71. The normalized spacial score (nSPS) is 10.1. The van der Waals surface area contributed by atoms with Crippen LogP contribution < -0.4 is 5.32 Å². The van der Waals surface area contributed by atoms with Gasteiger partial charge in [-0.15, -0.1) is 17.4 Å². The maximum absolute atomic E-state index is 11.8. The maximum Gasteiger partial charge on any atom is 0.264 e. The van der Waals surface area contributed by atoms with Crippen molar-refractivity contribution in [3.8, 4) is 12.3 Å². The van der Waals surface area contributed by atoms with E-state index in [2.05, 4.69) is 20.8 Å². The highest BCUT2D eigenvalue weighted by Gasteiger charge is 2.17. The van der Waals surface area contributed by atoms with Gasteiger partial charge >= 0.3 is 0 Å². The summed E-state index contributed by atoms with van der Waals surface area (Å²) in [6.45, 7) is 4.58. The Hall–Kier alpha value is -1.41. The summed E-state index contributed by atoms with van der Waals surface area (Å²) < 4.78 is 3.81. The van der Waals surface area contributed by atoms with Crippen LogP contribution in [0.5, 0.6) is 0 Å². The molecule has 0 unspecified atom stereocenters. The van der Waals surface area contributed by atoms with Crippen molar-refractivity contribution in [2.75, 3.05) is 6.54 Å². The zero-order valence-corrected chi connectivity index (χ0v) is 10.3. The molecule has 0 atom stereocenters. The molecule has 0 aliphatic carbocycles. The summed E-state index contributed by atoms with van der Waals surface area (Å²) >= 11 is 1.14. The SMILES string of the molecule is C#CCCCNC(=O)c1snnc1C(C)C. The molecule has 5 heteroatoms. The van der Waals surface area contributed by atoms with E-state index < -0.39 is 0 Å². The minimum atomic E-state index is -0.101. The van der Waals surface area contributed by atoms with Gasteiger partial charge in [-0.1, -0.05) is 18.3 Å². The first kappa shape index (κ1) is 12.7. The van der Waals surface area contributed by atoms with E-state index in [1.807, 2.05) is 13.8 Å². The van der Waals surface area contributed by atoms with Crippen LogP contribution >= 0.6 is 11.5 Å². The quantitative estimate of drug-likeness (QED) is 0.627. The molecule has 1 heterocycles. The molecule has 1 aromatic rings. The molecule has 1 amide bonds. The van der Waals surface area contributed by atoms with Crippen molar-refractivity contribution >= 4 is 17.4 Å². The van der Waals surface area contributed by atoms with Gasteiger partial charge in [0.15, 0.2) is 0 Å². The van der Waals surface area contributed by atoms with Crippen molar-refractivity contribution < 1.29 is 4.79 Å². The Morgan fingerprint density at radius 1 is 1.62 bits per heavy atom. The summed E-state index contributed by atoms with van der Waals surface area (Å²) in [4.78, 5) is 12.4. The summed E-state index contributed by atoms with van der Waals surface area (Å²) in [5.41, 5.74) is 0.763. The predicted octanol–water partition coefficient (Wildman–Crippen LogP) is 1.80. The van der Waals surface area contributed by atoms with E-state index >= 15 is 0 Å². The number of hydrogen-bond donors (Lipinski definition) is 1. The van der Waals surface area contributed by atoms with Gasteiger partial charge in [-0.05, 0) is 23.9 Å². The lowest BCUT2D eigenvalue weighted by Gasteiger charge is -2.04. The summed E-state index contributed by atoms with van der Waals surface area (Å²) in [6.07, 6.45) is 6.60. The highest BCUT2D eigenvalue weighted by molar-refractivity contribution is 7.08. The number of nitrogens with one attached hydrogen (secondary N) is 1. The van der Waals surface area contributed by atoms with Gasteiger partial charge in [0.25, 0.3) is 5.91 Å². The topological polar surface area (TPSA) is 54.9 Å². The lowest BCUT2D eigenvalue weighted by Crippen LogP contribution is -2.24. The molecule has 0 saturated heterocycles. The number of unbranched alkanes of at least 4 members (excludes halogenated alkanes) is 1. The summed E-state index contributed by atoms with van der Waals surface area (Å²) in [5, 5.41) is 6.77. The second-order valence-corrected chi connectivity index (χ2v) is 4.46. The Bertz CT molecular complexity index is 392. The zero-order valence-electron chi connectivity index (χ0n) is 9.49. The van der Waals surface area contributed by atoms with Crippen molar-refractivity contribution in [2.45, 2.75) is 32.6 Å². The molecule has 86 valence electrons. The monoisotopic (exact) mass is 237 g/mol. The number of nitrogens with zero attached hydrogens (tertiary/aromatic N) is 2. The maximum atomic E-state index is 11.8. The van der Waals surface area contributed by atoms with E-state index in [4.69, 9.17) is 6.42 Å². The Balaban J connectivity index is 2.53. The first-order valence-electron chi connectivity index (χ1n) is 5.20. The lowest BCUT2D eigenvalue weighted by atomic mass is 10.1. The molecule has 0 bridgehead atoms. The van der Waals surface area contributed by atoms with Crippen molar-refractivity contribution in [3.63, 3.8) is 0 Å². The third-order valence-electron chi connectivity index (χ3n) is 2.05. The van der Waals surface area contributed by atoms with Gasteiger partial charge in [0.1, 0.15) is 4.88 Å². The van der Waals surface area contributed by atoms with Crippen molar-refractivity contribution in [1.29, 1.82) is 0 Å². The number of carbonyl (C=O) groups is 1. The number of terminal acetylenes is 1. The van der Waals surface area contributed by atoms with Gasteiger partial charge in [0, 0.05) is 13.0 Å². The van der Waals surface area contributed by atoms with Crippen LogP contribution in [0.25, 0.3) is 0 Å². The molecule has 16 heavy (non-hydrogen) atoms. The number of aromatic nitrogens is 2. The minimum absolute atomic E-state index is 0.101. The van der Waals surface area contributed by atoms with E-state index in [0.29, 0.717) is 17.8 Å². The standard InChI is InChI=1S/C11H15N3OS/c1-4-5-6-7-12-11(15)10-9(8(2)3)13-14-16-10/h1,8H,5-7H2,2-3H3,(H,12,15). The van der Waals surface area contributed by atoms with E-state index in [0.717, 1.165) is 23.6 Å². The molecule has 0 aromatic carbocycles. The minimum Gasteiger partial charge on any atom is -0.351 e. The van der Waals surface area contributed by atoms with Crippen LogP contribution in [0.15, 0.2) is 0 Å². The largest absolute Gasteiger partial charge is 0.351 e. The third kappa shape index (κ3) is 3.31.